The lowest BCUT2D eigenvalue weighted by Crippen LogP contribution is -2.28. The van der Waals surface area contributed by atoms with Gasteiger partial charge >= 0.3 is 0 Å². The van der Waals surface area contributed by atoms with Gasteiger partial charge in [-0.2, -0.15) is 0 Å². The van der Waals surface area contributed by atoms with Crippen molar-refractivity contribution < 1.29 is 18.1 Å². The molecule has 2 N–H and O–H groups in total. The van der Waals surface area contributed by atoms with Crippen LogP contribution in [0.25, 0.3) is 0 Å². The van der Waals surface area contributed by atoms with Crippen molar-refractivity contribution in [1.82, 2.24) is 4.31 Å². The van der Waals surface area contributed by atoms with Gasteiger partial charge in [0.1, 0.15) is 0 Å². The van der Waals surface area contributed by atoms with Gasteiger partial charge in [0, 0.05) is 38.9 Å². The lowest BCUT2D eigenvalue weighted by molar-refractivity contribution is -0.385. The van der Waals surface area contributed by atoms with Crippen molar-refractivity contribution in [2.75, 3.05) is 27.8 Å². The molecular weight excluding hydrogens is 298 g/mol. The summed E-state index contributed by atoms with van der Waals surface area (Å²) in [6, 6.07) is 3.43. The van der Waals surface area contributed by atoms with E-state index in [4.69, 9.17) is 10.5 Å². The van der Waals surface area contributed by atoms with Crippen LogP contribution in [-0.4, -0.2) is 51.5 Å². The molecule has 1 atom stereocenters. The normalized spacial score (nSPS) is 13.4. The fourth-order valence-corrected chi connectivity index (χ4v) is 2.74. The Bertz CT molecular complexity index is 615. The molecule has 0 saturated carbocycles. The number of nitrogens with two attached hydrogens (primary N) is 1. The van der Waals surface area contributed by atoms with E-state index in [9.17, 15) is 18.5 Å². The Morgan fingerprint density at radius 1 is 1.43 bits per heavy atom. The van der Waals surface area contributed by atoms with Crippen LogP contribution in [0.15, 0.2) is 23.1 Å². The molecule has 0 spiro atoms. The molecule has 1 unspecified atom stereocenters. The van der Waals surface area contributed by atoms with Crippen LogP contribution in [0.5, 0.6) is 0 Å². The van der Waals surface area contributed by atoms with Gasteiger partial charge in [0.15, 0.2) is 0 Å². The number of sulfonamides is 1. The molecule has 0 fully saturated rings. The molecule has 1 rings (SSSR count). The molecule has 0 aliphatic rings. The van der Waals surface area contributed by atoms with Crippen LogP contribution in [0, 0.1) is 10.1 Å². The maximum Gasteiger partial charge on any atom is 0.273 e. The standard InChI is InChI=1S/C12H19N3O5S/c1-14(2)21(18,19)11-5-4-9(6-10(13)8-20-3)12(7-11)15(16)17/h4-5,7,10H,6,8,13H2,1-3H3. The zero-order valence-electron chi connectivity index (χ0n) is 12.1. The highest BCUT2D eigenvalue weighted by Gasteiger charge is 2.23. The second kappa shape index (κ2) is 6.94. The summed E-state index contributed by atoms with van der Waals surface area (Å²) in [4.78, 5) is 10.4. The fourth-order valence-electron chi connectivity index (χ4n) is 1.81. The molecule has 0 radical (unpaired) electrons. The van der Waals surface area contributed by atoms with E-state index >= 15 is 0 Å². The Labute approximate surface area is 123 Å². The third-order valence-electron chi connectivity index (χ3n) is 2.89. The van der Waals surface area contributed by atoms with Crippen molar-refractivity contribution in [3.05, 3.63) is 33.9 Å². The van der Waals surface area contributed by atoms with Crippen LogP contribution in [0.3, 0.4) is 0 Å². The van der Waals surface area contributed by atoms with Crippen LogP contribution in [0.2, 0.25) is 0 Å². The SMILES string of the molecule is COCC(N)Cc1ccc(S(=O)(=O)N(C)C)cc1[N+](=O)[O-]. The van der Waals surface area contributed by atoms with Crippen LogP contribution in [0.1, 0.15) is 5.56 Å². The Kier molecular flexibility index (Phi) is 5.78. The highest BCUT2D eigenvalue weighted by Crippen LogP contribution is 2.25. The number of nitro benzene ring substituents is 1. The smallest absolute Gasteiger partial charge is 0.273 e. The van der Waals surface area contributed by atoms with Gasteiger partial charge in [-0.25, -0.2) is 12.7 Å². The van der Waals surface area contributed by atoms with E-state index in [0.29, 0.717) is 5.56 Å². The number of nitrogens with zero attached hydrogens (tertiary/aromatic N) is 2. The first-order chi connectivity index (χ1) is 9.70. The number of hydrogen-bond acceptors (Lipinski definition) is 6. The molecule has 1 aromatic rings. The van der Waals surface area contributed by atoms with Gasteiger partial charge < -0.3 is 10.5 Å². The Morgan fingerprint density at radius 3 is 2.52 bits per heavy atom. The van der Waals surface area contributed by atoms with Gasteiger partial charge in [-0.3, -0.25) is 10.1 Å². The molecule has 0 bridgehead atoms. The predicted molar refractivity (Wildman–Crippen MR) is 77.5 cm³/mol. The monoisotopic (exact) mass is 317 g/mol. The molecule has 0 aromatic heterocycles. The molecular formula is C12H19N3O5S. The van der Waals surface area contributed by atoms with Crippen molar-refractivity contribution in [2.24, 2.45) is 5.73 Å². The molecule has 0 aliphatic heterocycles. The lowest BCUT2D eigenvalue weighted by atomic mass is 10.1. The molecule has 1 aromatic carbocycles. The lowest BCUT2D eigenvalue weighted by Gasteiger charge is -2.13. The molecule has 0 heterocycles. The highest BCUT2D eigenvalue weighted by atomic mass is 32.2. The summed E-state index contributed by atoms with van der Waals surface area (Å²) in [5.74, 6) is 0. The van der Waals surface area contributed by atoms with Crippen molar-refractivity contribution >= 4 is 15.7 Å². The van der Waals surface area contributed by atoms with Gasteiger partial charge in [0.05, 0.1) is 16.4 Å². The molecule has 0 aliphatic carbocycles. The summed E-state index contributed by atoms with van der Waals surface area (Å²) in [5, 5.41) is 11.1. The third-order valence-corrected chi connectivity index (χ3v) is 4.71. The van der Waals surface area contributed by atoms with Crippen molar-refractivity contribution in [2.45, 2.75) is 17.4 Å². The summed E-state index contributed by atoms with van der Waals surface area (Å²) < 4.78 is 29.9. The van der Waals surface area contributed by atoms with Crippen LogP contribution < -0.4 is 5.73 Å². The highest BCUT2D eigenvalue weighted by molar-refractivity contribution is 7.89. The fraction of sp³-hybridized carbons (Fsp3) is 0.500. The topological polar surface area (TPSA) is 116 Å². The van der Waals surface area contributed by atoms with Gasteiger partial charge in [0.2, 0.25) is 10.0 Å². The summed E-state index contributed by atoms with van der Waals surface area (Å²) in [6.07, 6.45) is 0.229. The maximum atomic E-state index is 12.0. The summed E-state index contributed by atoms with van der Waals surface area (Å²) in [7, 11) is 0.501. The minimum atomic E-state index is -3.72. The summed E-state index contributed by atoms with van der Waals surface area (Å²) in [6.45, 7) is 0.259. The summed E-state index contributed by atoms with van der Waals surface area (Å²) >= 11 is 0. The largest absolute Gasteiger partial charge is 0.383 e. The number of methoxy groups -OCH3 is 1. The number of rotatable bonds is 7. The van der Waals surface area contributed by atoms with Crippen molar-refractivity contribution in [1.29, 1.82) is 0 Å². The first-order valence-corrected chi connectivity index (χ1v) is 7.58. The van der Waals surface area contributed by atoms with Crippen LogP contribution >= 0.6 is 0 Å². The van der Waals surface area contributed by atoms with E-state index in [1.165, 1.54) is 33.3 Å². The van der Waals surface area contributed by atoms with Crippen LogP contribution in [0.4, 0.5) is 5.69 Å². The van der Waals surface area contributed by atoms with Gasteiger partial charge in [-0.15, -0.1) is 0 Å². The zero-order valence-corrected chi connectivity index (χ0v) is 13.0. The molecule has 21 heavy (non-hydrogen) atoms. The number of ether oxygens (including phenoxy) is 1. The quantitative estimate of drug-likeness (QED) is 0.573. The van der Waals surface area contributed by atoms with E-state index in [1.807, 2.05) is 0 Å². The Balaban J connectivity index is 3.23. The van der Waals surface area contributed by atoms with Gasteiger partial charge in [-0.05, 0) is 12.5 Å². The number of hydrogen-bond donors (Lipinski definition) is 1. The first kappa shape index (κ1) is 17.5. The van der Waals surface area contributed by atoms with E-state index in [-0.39, 0.29) is 23.6 Å². The average molecular weight is 317 g/mol. The first-order valence-electron chi connectivity index (χ1n) is 6.14. The molecule has 118 valence electrons. The molecule has 0 saturated heterocycles. The molecule has 8 nitrogen and oxygen atoms in total. The van der Waals surface area contributed by atoms with E-state index < -0.39 is 21.0 Å². The van der Waals surface area contributed by atoms with E-state index in [1.54, 1.807) is 0 Å². The Hall–Kier alpha value is -1.55. The number of benzene rings is 1. The molecule has 9 heteroatoms. The van der Waals surface area contributed by atoms with Crippen LogP contribution in [-0.2, 0) is 21.2 Å². The number of nitro groups is 1. The average Bonchev–Trinajstić information content (AvgIpc) is 2.38. The summed E-state index contributed by atoms with van der Waals surface area (Å²) in [5.41, 5.74) is 5.90. The van der Waals surface area contributed by atoms with Gasteiger partial charge in [-0.1, -0.05) is 6.07 Å². The maximum absolute atomic E-state index is 12.0. The zero-order chi connectivity index (χ0) is 16.2. The van der Waals surface area contributed by atoms with Crippen molar-refractivity contribution in [3.8, 4) is 0 Å². The van der Waals surface area contributed by atoms with Gasteiger partial charge in [0.25, 0.3) is 5.69 Å². The molecule has 0 amide bonds. The van der Waals surface area contributed by atoms with E-state index in [0.717, 1.165) is 10.4 Å². The van der Waals surface area contributed by atoms with E-state index in [2.05, 4.69) is 0 Å². The Morgan fingerprint density at radius 2 is 2.05 bits per heavy atom. The second-order valence-corrected chi connectivity index (χ2v) is 6.91. The van der Waals surface area contributed by atoms with Crippen molar-refractivity contribution in [3.63, 3.8) is 0 Å². The minimum absolute atomic E-state index is 0.122. The minimum Gasteiger partial charge on any atom is -0.383 e. The third kappa shape index (κ3) is 4.21. The second-order valence-electron chi connectivity index (χ2n) is 4.75. The predicted octanol–water partition coefficient (Wildman–Crippen LogP) is 0.361.